The molecule has 2 rings (SSSR count). The molecule has 0 radical (unpaired) electrons. The lowest BCUT2D eigenvalue weighted by atomic mass is 10.2. The van der Waals surface area contributed by atoms with Crippen molar-refractivity contribution < 1.29 is 18.3 Å². The molecule has 1 unspecified atom stereocenters. The standard InChI is InChI=1S/C12H14F2N2O2/c13-9-4-7(12(15)16)5-10(14)11(9)18-6-8-2-1-3-17-8/h4-5,8H,1-3,6H2,(H3,15,16). The quantitative estimate of drug-likeness (QED) is 0.637. The van der Waals surface area contributed by atoms with Gasteiger partial charge >= 0.3 is 0 Å². The average molecular weight is 256 g/mol. The number of ether oxygens (including phenoxy) is 2. The van der Waals surface area contributed by atoms with Gasteiger partial charge in [0.15, 0.2) is 17.4 Å². The number of hydrogen-bond donors (Lipinski definition) is 2. The van der Waals surface area contributed by atoms with Crippen LogP contribution in [0.15, 0.2) is 12.1 Å². The summed E-state index contributed by atoms with van der Waals surface area (Å²) < 4.78 is 37.6. The first-order valence-corrected chi connectivity index (χ1v) is 5.66. The van der Waals surface area contributed by atoms with Crippen molar-refractivity contribution in [2.24, 2.45) is 5.73 Å². The minimum atomic E-state index is -0.863. The summed E-state index contributed by atoms with van der Waals surface area (Å²) in [6.07, 6.45) is 1.65. The zero-order chi connectivity index (χ0) is 13.1. The number of nitrogen functional groups attached to an aromatic ring is 1. The van der Waals surface area contributed by atoms with Crippen LogP contribution in [0.4, 0.5) is 8.78 Å². The lowest BCUT2D eigenvalue weighted by Crippen LogP contribution is -2.18. The van der Waals surface area contributed by atoms with Gasteiger partial charge in [-0.25, -0.2) is 8.78 Å². The lowest BCUT2D eigenvalue weighted by molar-refractivity contribution is 0.0650. The van der Waals surface area contributed by atoms with Crippen LogP contribution in [-0.4, -0.2) is 25.2 Å². The molecule has 1 saturated heterocycles. The molecule has 0 saturated carbocycles. The maximum atomic E-state index is 13.6. The van der Waals surface area contributed by atoms with Crippen molar-refractivity contribution in [1.29, 1.82) is 5.41 Å². The molecule has 3 N–H and O–H groups in total. The van der Waals surface area contributed by atoms with E-state index in [1.165, 1.54) is 0 Å². The van der Waals surface area contributed by atoms with Gasteiger partial charge in [0.1, 0.15) is 12.4 Å². The van der Waals surface area contributed by atoms with Crippen LogP contribution in [-0.2, 0) is 4.74 Å². The highest BCUT2D eigenvalue weighted by Gasteiger charge is 2.19. The smallest absolute Gasteiger partial charge is 0.190 e. The van der Waals surface area contributed by atoms with Gasteiger partial charge in [-0.05, 0) is 25.0 Å². The van der Waals surface area contributed by atoms with Crippen LogP contribution < -0.4 is 10.5 Å². The summed E-state index contributed by atoms with van der Waals surface area (Å²) >= 11 is 0. The number of benzene rings is 1. The van der Waals surface area contributed by atoms with Gasteiger partial charge in [0.05, 0.1) is 6.10 Å². The first kappa shape index (κ1) is 12.8. The van der Waals surface area contributed by atoms with Crippen LogP contribution in [0.25, 0.3) is 0 Å². The predicted molar refractivity (Wildman–Crippen MR) is 61.8 cm³/mol. The molecule has 0 amide bonds. The Morgan fingerprint density at radius 2 is 2.11 bits per heavy atom. The molecule has 1 aliphatic heterocycles. The summed E-state index contributed by atoms with van der Waals surface area (Å²) in [4.78, 5) is 0. The zero-order valence-corrected chi connectivity index (χ0v) is 9.71. The normalized spacial score (nSPS) is 18.9. The Labute approximate surface area is 103 Å². The van der Waals surface area contributed by atoms with Gasteiger partial charge < -0.3 is 15.2 Å². The number of nitrogens with two attached hydrogens (primary N) is 1. The van der Waals surface area contributed by atoms with Crippen molar-refractivity contribution in [3.05, 3.63) is 29.3 Å². The van der Waals surface area contributed by atoms with Gasteiger partial charge in [-0.3, -0.25) is 5.41 Å². The lowest BCUT2D eigenvalue weighted by Gasteiger charge is -2.13. The van der Waals surface area contributed by atoms with Crippen LogP contribution in [0.1, 0.15) is 18.4 Å². The van der Waals surface area contributed by atoms with Crippen molar-refractivity contribution in [2.45, 2.75) is 18.9 Å². The van der Waals surface area contributed by atoms with Gasteiger partial charge in [0, 0.05) is 12.2 Å². The topological polar surface area (TPSA) is 68.3 Å². The minimum absolute atomic E-state index is 0.00512. The molecule has 0 aromatic heterocycles. The van der Waals surface area contributed by atoms with Crippen molar-refractivity contribution in [3.63, 3.8) is 0 Å². The van der Waals surface area contributed by atoms with Crippen molar-refractivity contribution in [3.8, 4) is 5.75 Å². The summed E-state index contributed by atoms with van der Waals surface area (Å²) in [6, 6.07) is 1.96. The third-order valence-corrected chi connectivity index (χ3v) is 2.75. The molecule has 4 nitrogen and oxygen atoms in total. The second-order valence-corrected chi connectivity index (χ2v) is 4.13. The average Bonchev–Trinajstić information content (AvgIpc) is 2.80. The van der Waals surface area contributed by atoms with Crippen LogP contribution in [0.5, 0.6) is 5.75 Å². The molecule has 1 aliphatic rings. The molecule has 1 fully saturated rings. The Morgan fingerprint density at radius 1 is 1.44 bits per heavy atom. The Hall–Kier alpha value is -1.69. The maximum absolute atomic E-state index is 13.6. The predicted octanol–water partition coefficient (Wildman–Crippen LogP) is 1.81. The molecule has 0 spiro atoms. The monoisotopic (exact) mass is 256 g/mol. The first-order valence-electron chi connectivity index (χ1n) is 5.66. The summed E-state index contributed by atoms with van der Waals surface area (Å²) in [5.74, 6) is -2.56. The molecular weight excluding hydrogens is 242 g/mol. The molecule has 1 atom stereocenters. The molecular formula is C12H14F2N2O2. The van der Waals surface area contributed by atoms with Crippen molar-refractivity contribution in [2.75, 3.05) is 13.2 Å². The number of amidine groups is 1. The van der Waals surface area contributed by atoms with Crippen LogP contribution in [0, 0.1) is 17.0 Å². The van der Waals surface area contributed by atoms with E-state index in [1.807, 2.05) is 0 Å². The van der Waals surface area contributed by atoms with E-state index < -0.39 is 23.2 Å². The molecule has 1 aromatic rings. The third kappa shape index (κ3) is 2.76. The van der Waals surface area contributed by atoms with Crippen LogP contribution in [0.3, 0.4) is 0 Å². The molecule has 18 heavy (non-hydrogen) atoms. The number of hydrogen-bond acceptors (Lipinski definition) is 3. The SMILES string of the molecule is N=C(N)c1cc(F)c(OCC2CCCO2)c(F)c1. The van der Waals surface area contributed by atoms with E-state index in [4.69, 9.17) is 20.6 Å². The van der Waals surface area contributed by atoms with E-state index in [0.29, 0.717) is 6.61 Å². The molecule has 1 aromatic carbocycles. The van der Waals surface area contributed by atoms with Gasteiger partial charge in [-0.15, -0.1) is 0 Å². The molecule has 98 valence electrons. The van der Waals surface area contributed by atoms with E-state index in [0.717, 1.165) is 25.0 Å². The Morgan fingerprint density at radius 3 is 2.61 bits per heavy atom. The first-order chi connectivity index (χ1) is 8.58. The fourth-order valence-corrected chi connectivity index (χ4v) is 1.81. The third-order valence-electron chi connectivity index (χ3n) is 2.75. The summed E-state index contributed by atoms with van der Waals surface area (Å²) in [7, 11) is 0. The Kier molecular flexibility index (Phi) is 3.76. The van der Waals surface area contributed by atoms with Gasteiger partial charge in [0.2, 0.25) is 0 Å². The van der Waals surface area contributed by atoms with Crippen LogP contribution >= 0.6 is 0 Å². The van der Waals surface area contributed by atoms with Gasteiger partial charge in [-0.2, -0.15) is 0 Å². The van der Waals surface area contributed by atoms with Gasteiger partial charge in [0.25, 0.3) is 0 Å². The molecule has 0 bridgehead atoms. The summed E-state index contributed by atoms with van der Waals surface area (Å²) in [5.41, 5.74) is 5.16. The fraction of sp³-hybridized carbons (Fsp3) is 0.417. The van der Waals surface area contributed by atoms with Crippen molar-refractivity contribution >= 4 is 5.84 Å². The molecule has 6 heteroatoms. The van der Waals surface area contributed by atoms with E-state index >= 15 is 0 Å². The summed E-state index contributed by atoms with van der Waals surface area (Å²) in [6.45, 7) is 0.773. The number of rotatable bonds is 4. The maximum Gasteiger partial charge on any atom is 0.190 e. The second-order valence-electron chi connectivity index (χ2n) is 4.13. The Balaban J connectivity index is 2.10. The number of nitrogens with one attached hydrogen (secondary N) is 1. The summed E-state index contributed by atoms with van der Waals surface area (Å²) in [5, 5.41) is 7.12. The number of halogens is 2. The van der Waals surface area contributed by atoms with Crippen molar-refractivity contribution in [1.82, 2.24) is 0 Å². The fourth-order valence-electron chi connectivity index (χ4n) is 1.81. The highest BCUT2D eigenvalue weighted by atomic mass is 19.1. The van der Waals surface area contributed by atoms with E-state index in [1.54, 1.807) is 0 Å². The Bertz CT molecular complexity index is 436. The zero-order valence-electron chi connectivity index (χ0n) is 9.71. The molecule has 0 aliphatic carbocycles. The van der Waals surface area contributed by atoms with Crippen LogP contribution in [0.2, 0.25) is 0 Å². The van der Waals surface area contributed by atoms with E-state index in [-0.39, 0.29) is 18.3 Å². The van der Waals surface area contributed by atoms with Gasteiger partial charge in [-0.1, -0.05) is 0 Å². The van der Waals surface area contributed by atoms with E-state index in [2.05, 4.69) is 0 Å². The minimum Gasteiger partial charge on any atom is -0.485 e. The van der Waals surface area contributed by atoms with E-state index in [9.17, 15) is 8.78 Å². The highest BCUT2D eigenvalue weighted by Crippen LogP contribution is 2.24. The highest BCUT2D eigenvalue weighted by molar-refractivity contribution is 5.95. The second kappa shape index (κ2) is 5.30. The molecule has 1 heterocycles. The largest absolute Gasteiger partial charge is 0.485 e.